The van der Waals surface area contributed by atoms with Crippen LogP contribution < -0.4 is 0 Å². The lowest BCUT2D eigenvalue weighted by Crippen LogP contribution is -2.47. The highest BCUT2D eigenvalue weighted by molar-refractivity contribution is 6.11. The van der Waals surface area contributed by atoms with E-state index in [0.717, 1.165) is 5.57 Å². The van der Waals surface area contributed by atoms with Crippen LogP contribution >= 0.6 is 0 Å². The molecule has 2 saturated carbocycles. The van der Waals surface area contributed by atoms with Crippen LogP contribution in [0.25, 0.3) is 0 Å². The van der Waals surface area contributed by atoms with E-state index >= 15 is 0 Å². The number of fused-ring (bicyclic) bond motifs is 1. The van der Waals surface area contributed by atoms with Crippen LogP contribution in [0.1, 0.15) is 27.7 Å². The number of Topliss-reactive ketones (excluding diaryl/α,β-unsaturated/α-hetero) is 2. The van der Waals surface area contributed by atoms with Crippen LogP contribution in [-0.4, -0.2) is 11.6 Å². The standard InChI is InChI=1S/C12H16O2/c1-6-9-10(11(9,4)5)12(6,7(2)13)8(3)14/h9-10H,1H2,2-5H3. The summed E-state index contributed by atoms with van der Waals surface area (Å²) in [4.78, 5) is 23.3. The van der Waals surface area contributed by atoms with Gasteiger partial charge in [-0.2, -0.15) is 0 Å². The quantitative estimate of drug-likeness (QED) is 0.495. The summed E-state index contributed by atoms with van der Waals surface area (Å²) in [7, 11) is 0. The average molecular weight is 192 g/mol. The third-order valence-electron chi connectivity index (χ3n) is 4.29. The maximum atomic E-state index is 11.6. The summed E-state index contributed by atoms with van der Waals surface area (Å²) in [6, 6.07) is 0. The molecule has 2 heteroatoms. The molecule has 76 valence electrons. The third-order valence-corrected chi connectivity index (χ3v) is 4.29. The molecule has 2 aliphatic carbocycles. The Hall–Kier alpha value is -0.920. The van der Waals surface area contributed by atoms with Gasteiger partial charge < -0.3 is 0 Å². The van der Waals surface area contributed by atoms with Crippen LogP contribution in [-0.2, 0) is 9.59 Å². The van der Waals surface area contributed by atoms with E-state index in [1.165, 1.54) is 13.8 Å². The van der Waals surface area contributed by atoms with Gasteiger partial charge in [-0.1, -0.05) is 26.0 Å². The maximum absolute atomic E-state index is 11.6. The number of hydrogen-bond donors (Lipinski definition) is 0. The molecule has 0 aromatic rings. The van der Waals surface area contributed by atoms with Gasteiger partial charge in [-0.15, -0.1) is 0 Å². The largest absolute Gasteiger partial charge is 0.299 e. The average Bonchev–Trinajstić information content (AvgIpc) is 2.47. The van der Waals surface area contributed by atoms with E-state index < -0.39 is 5.41 Å². The van der Waals surface area contributed by atoms with Crippen LogP contribution in [0.4, 0.5) is 0 Å². The number of carbonyl (C=O) groups is 2. The molecule has 2 unspecified atom stereocenters. The zero-order valence-corrected chi connectivity index (χ0v) is 9.18. The van der Waals surface area contributed by atoms with Crippen molar-refractivity contribution in [1.29, 1.82) is 0 Å². The number of hydrogen-bond acceptors (Lipinski definition) is 2. The first-order valence-corrected chi connectivity index (χ1v) is 5.00. The lowest BCUT2D eigenvalue weighted by atomic mass is 9.60. The summed E-state index contributed by atoms with van der Waals surface area (Å²) in [6.07, 6.45) is 0. The minimum atomic E-state index is -0.825. The highest BCUT2D eigenvalue weighted by Crippen LogP contribution is 2.80. The summed E-state index contributed by atoms with van der Waals surface area (Å²) in [5.41, 5.74) is 0.135. The molecule has 2 rings (SSSR count). The smallest absolute Gasteiger partial charge is 0.147 e. The molecule has 0 amide bonds. The molecule has 14 heavy (non-hydrogen) atoms. The molecule has 0 bridgehead atoms. The van der Waals surface area contributed by atoms with Crippen molar-refractivity contribution in [2.24, 2.45) is 22.7 Å². The van der Waals surface area contributed by atoms with Gasteiger partial charge >= 0.3 is 0 Å². The second-order valence-electron chi connectivity index (χ2n) is 5.22. The topological polar surface area (TPSA) is 34.1 Å². The first kappa shape index (κ1) is 9.63. The molecule has 0 aromatic carbocycles. The van der Waals surface area contributed by atoms with Crippen molar-refractivity contribution in [1.82, 2.24) is 0 Å². The van der Waals surface area contributed by atoms with Crippen molar-refractivity contribution in [3.63, 3.8) is 0 Å². The zero-order valence-electron chi connectivity index (χ0n) is 9.18. The summed E-state index contributed by atoms with van der Waals surface area (Å²) in [5, 5.41) is 0. The molecule has 0 heterocycles. The van der Waals surface area contributed by atoms with Crippen molar-refractivity contribution in [2.75, 3.05) is 0 Å². The molecular weight excluding hydrogens is 176 g/mol. The van der Waals surface area contributed by atoms with Gasteiger partial charge in [-0.25, -0.2) is 0 Å². The van der Waals surface area contributed by atoms with Crippen molar-refractivity contribution >= 4 is 11.6 Å². The first-order chi connectivity index (χ1) is 6.29. The molecule has 0 radical (unpaired) electrons. The molecule has 0 spiro atoms. The molecule has 2 aliphatic rings. The van der Waals surface area contributed by atoms with Crippen LogP contribution in [0, 0.1) is 22.7 Å². The van der Waals surface area contributed by atoms with E-state index in [1.807, 2.05) is 0 Å². The third kappa shape index (κ3) is 0.667. The number of rotatable bonds is 2. The molecule has 2 nitrogen and oxygen atoms in total. The van der Waals surface area contributed by atoms with E-state index in [9.17, 15) is 9.59 Å². The second-order valence-corrected chi connectivity index (χ2v) is 5.22. The van der Waals surface area contributed by atoms with Gasteiger partial charge in [0.1, 0.15) is 17.0 Å². The van der Waals surface area contributed by atoms with Gasteiger partial charge in [0.2, 0.25) is 0 Å². The SMILES string of the molecule is C=C1C2C(C1(C(C)=O)C(C)=O)C2(C)C. The van der Waals surface area contributed by atoms with Crippen molar-refractivity contribution in [3.8, 4) is 0 Å². The molecular formula is C12H16O2. The van der Waals surface area contributed by atoms with Crippen LogP contribution in [0.3, 0.4) is 0 Å². The van der Waals surface area contributed by atoms with E-state index in [0.29, 0.717) is 5.92 Å². The Morgan fingerprint density at radius 2 is 1.64 bits per heavy atom. The number of allylic oxidation sites excluding steroid dienone is 1. The lowest BCUT2D eigenvalue weighted by Gasteiger charge is -2.39. The van der Waals surface area contributed by atoms with Gasteiger partial charge in [0, 0.05) is 0 Å². The van der Waals surface area contributed by atoms with Gasteiger partial charge in [-0.05, 0) is 31.1 Å². The van der Waals surface area contributed by atoms with E-state index in [4.69, 9.17) is 0 Å². The van der Waals surface area contributed by atoms with Gasteiger partial charge in [0.15, 0.2) is 0 Å². The van der Waals surface area contributed by atoms with Crippen molar-refractivity contribution in [3.05, 3.63) is 12.2 Å². The molecule has 0 N–H and O–H groups in total. The number of carbonyl (C=O) groups excluding carboxylic acids is 2. The lowest BCUT2D eigenvalue weighted by molar-refractivity contribution is -0.140. The zero-order chi connectivity index (χ0) is 10.9. The van der Waals surface area contributed by atoms with Gasteiger partial charge in [-0.3, -0.25) is 9.59 Å². The van der Waals surface area contributed by atoms with Crippen LogP contribution in [0.15, 0.2) is 12.2 Å². The summed E-state index contributed by atoms with van der Waals surface area (Å²) in [6.45, 7) is 11.2. The second kappa shape index (κ2) is 2.18. The molecule has 0 saturated heterocycles. The summed E-state index contributed by atoms with van der Waals surface area (Å²) in [5.74, 6) is 0.566. The molecule has 0 aromatic heterocycles. The summed E-state index contributed by atoms with van der Waals surface area (Å²) >= 11 is 0. The Balaban J connectivity index is 2.47. The Morgan fingerprint density at radius 1 is 1.21 bits per heavy atom. The fourth-order valence-corrected chi connectivity index (χ4v) is 3.58. The Bertz CT molecular complexity index is 349. The highest BCUT2D eigenvalue weighted by Gasteiger charge is 2.81. The summed E-state index contributed by atoms with van der Waals surface area (Å²) < 4.78 is 0. The molecule has 2 fully saturated rings. The van der Waals surface area contributed by atoms with Gasteiger partial charge in [0.25, 0.3) is 0 Å². The van der Waals surface area contributed by atoms with Gasteiger partial charge in [0.05, 0.1) is 0 Å². The number of ketones is 2. The van der Waals surface area contributed by atoms with Crippen molar-refractivity contribution in [2.45, 2.75) is 27.7 Å². The van der Waals surface area contributed by atoms with Crippen LogP contribution in [0.2, 0.25) is 0 Å². The normalized spacial score (nSPS) is 35.6. The highest BCUT2D eigenvalue weighted by atomic mass is 16.2. The maximum Gasteiger partial charge on any atom is 0.147 e. The van der Waals surface area contributed by atoms with Crippen molar-refractivity contribution < 1.29 is 9.59 Å². The predicted octanol–water partition coefficient (Wildman–Crippen LogP) is 1.99. The minimum Gasteiger partial charge on any atom is -0.299 e. The fraction of sp³-hybridized carbons (Fsp3) is 0.667. The Morgan fingerprint density at radius 3 is 1.79 bits per heavy atom. The Kier molecular flexibility index (Phi) is 1.50. The molecule has 0 aliphatic heterocycles. The van der Waals surface area contributed by atoms with E-state index in [-0.39, 0.29) is 22.9 Å². The monoisotopic (exact) mass is 192 g/mol. The van der Waals surface area contributed by atoms with E-state index in [1.54, 1.807) is 0 Å². The van der Waals surface area contributed by atoms with E-state index in [2.05, 4.69) is 20.4 Å². The first-order valence-electron chi connectivity index (χ1n) is 5.00. The fourth-order valence-electron chi connectivity index (χ4n) is 3.58. The van der Waals surface area contributed by atoms with Crippen LogP contribution in [0.5, 0.6) is 0 Å². The minimum absolute atomic E-state index is 0.0261. The predicted molar refractivity (Wildman–Crippen MR) is 53.7 cm³/mol. The molecule has 2 atom stereocenters. The Labute approximate surface area is 84.4 Å².